The number of benzene rings is 1. The largest absolute Gasteiger partial charge is 0.367 e. The van der Waals surface area contributed by atoms with E-state index in [4.69, 9.17) is 16.7 Å². The maximum atomic E-state index is 5.99. The van der Waals surface area contributed by atoms with Gasteiger partial charge in [-0.1, -0.05) is 30.7 Å². The minimum Gasteiger partial charge on any atom is -0.367 e. The Balaban J connectivity index is 2.17. The van der Waals surface area contributed by atoms with Gasteiger partial charge in [0.05, 0.1) is 5.69 Å². The van der Waals surface area contributed by atoms with Crippen molar-refractivity contribution in [3.05, 3.63) is 46.6 Å². The number of nitrogens with zero attached hydrogens (tertiary/aromatic N) is 3. The maximum absolute atomic E-state index is 5.99. The Hall–Kier alpha value is -2.07. The summed E-state index contributed by atoms with van der Waals surface area (Å²) in [6.07, 6.45) is 1.05. The molecule has 0 saturated carbocycles. The molecule has 3 rings (SSSR count). The summed E-state index contributed by atoms with van der Waals surface area (Å²) in [6.45, 7) is 8.40. The molecular formula is C18H21ClN4. The van der Waals surface area contributed by atoms with Gasteiger partial charge < -0.3 is 5.32 Å². The third-order valence-corrected chi connectivity index (χ3v) is 4.32. The summed E-state index contributed by atoms with van der Waals surface area (Å²) in [6, 6.07) is 10.2. The second-order valence-corrected chi connectivity index (χ2v) is 6.39. The summed E-state index contributed by atoms with van der Waals surface area (Å²) < 4.78 is 1.90. The van der Waals surface area contributed by atoms with Crippen LogP contribution in [0.15, 0.2) is 30.3 Å². The first-order valence-corrected chi connectivity index (χ1v) is 8.27. The topological polar surface area (TPSA) is 42.2 Å². The van der Waals surface area contributed by atoms with Gasteiger partial charge in [0.25, 0.3) is 0 Å². The highest BCUT2D eigenvalue weighted by Gasteiger charge is 2.15. The van der Waals surface area contributed by atoms with Crippen LogP contribution in [0.1, 0.15) is 31.5 Å². The molecule has 0 unspecified atom stereocenters. The maximum Gasteiger partial charge on any atom is 0.161 e. The van der Waals surface area contributed by atoms with Crippen LogP contribution < -0.4 is 5.32 Å². The molecule has 0 spiro atoms. The molecule has 0 saturated heterocycles. The first-order valence-electron chi connectivity index (χ1n) is 7.89. The lowest BCUT2D eigenvalue weighted by molar-refractivity contribution is 0.748. The molecular weight excluding hydrogens is 308 g/mol. The Morgan fingerprint density at radius 2 is 1.91 bits per heavy atom. The molecule has 2 heterocycles. The smallest absolute Gasteiger partial charge is 0.161 e. The number of aryl methyl sites for hydroxylation is 2. The van der Waals surface area contributed by atoms with Crippen molar-refractivity contribution < 1.29 is 0 Å². The lowest BCUT2D eigenvalue weighted by Crippen LogP contribution is -2.16. The highest BCUT2D eigenvalue weighted by Crippen LogP contribution is 2.28. The molecule has 120 valence electrons. The molecule has 0 aliphatic carbocycles. The molecule has 1 N–H and O–H groups in total. The minimum atomic E-state index is 0.378. The third kappa shape index (κ3) is 3.04. The standard InChI is InChI=1S/C18H21ClN4/c1-5-11(2)20-16-10-12(3)21-18-13(4)17(22-23(16)18)14-6-8-15(19)9-7-14/h6-11,20H,5H2,1-4H3/t11-/m1/s1. The van der Waals surface area contributed by atoms with Gasteiger partial charge in [0.15, 0.2) is 5.65 Å². The van der Waals surface area contributed by atoms with Gasteiger partial charge in [-0.05, 0) is 39.3 Å². The van der Waals surface area contributed by atoms with Crippen molar-refractivity contribution in [3.8, 4) is 11.3 Å². The van der Waals surface area contributed by atoms with Crippen molar-refractivity contribution in [2.75, 3.05) is 5.32 Å². The molecule has 5 heteroatoms. The zero-order valence-electron chi connectivity index (χ0n) is 13.9. The number of fused-ring (bicyclic) bond motifs is 1. The predicted molar refractivity (Wildman–Crippen MR) is 96.3 cm³/mol. The Bertz CT molecular complexity index is 836. The number of hydrogen-bond donors (Lipinski definition) is 1. The molecule has 0 amide bonds. The van der Waals surface area contributed by atoms with E-state index in [2.05, 4.69) is 31.1 Å². The molecule has 0 aliphatic rings. The van der Waals surface area contributed by atoms with E-state index >= 15 is 0 Å². The number of nitrogens with one attached hydrogen (secondary N) is 1. The van der Waals surface area contributed by atoms with Crippen molar-refractivity contribution >= 4 is 23.1 Å². The quantitative estimate of drug-likeness (QED) is 0.742. The lowest BCUT2D eigenvalue weighted by Gasteiger charge is -2.14. The summed E-state index contributed by atoms with van der Waals surface area (Å²) in [5, 5.41) is 9.03. The SMILES string of the molecule is CC[C@@H](C)Nc1cc(C)nc2c(C)c(-c3ccc(Cl)cc3)nn12. The number of halogens is 1. The van der Waals surface area contributed by atoms with E-state index < -0.39 is 0 Å². The first kappa shape index (κ1) is 15.8. The molecule has 0 fully saturated rings. The fourth-order valence-corrected chi connectivity index (χ4v) is 2.71. The Kier molecular flexibility index (Phi) is 4.26. The number of rotatable bonds is 4. The summed E-state index contributed by atoms with van der Waals surface area (Å²) in [5.41, 5.74) is 4.93. The molecule has 23 heavy (non-hydrogen) atoms. The van der Waals surface area contributed by atoms with Crippen LogP contribution in [-0.2, 0) is 0 Å². The fraction of sp³-hybridized carbons (Fsp3) is 0.333. The summed E-state index contributed by atoms with van der Waals surface area (Å²) >= 11 is 5.99. The van der Waals surface area contributed by atoms with Crippen LogP contribution in [0, 0.1) is 13.8 Å². The first-order chi connectivity index (χ1) is 11.0. The van der Waals surface area contributed by atoms with Gasteiger partial charge in [-0.25, -0.2) is 4.98 Å². The van der Waals surface area contributed by atoms with Crippen molar-refractivity contribution in [1.29, 1.82) is 0 Å². The summed E-state index contributed by atoms with van der Waals surface area (Å²) in [7, 11) is 0. The molecule has 3 aromatic rings. The van der Waals surface area contributed by atoms with Gasteiger partial charge in [0.2, 0.25) is 0 Å². The zero-order valence-corrected chi connectivity index (χ0v) is 14.6. The minimum absolute atomic E-state index is 0.378. The zero-order chi connectivity index (χ0) is 16.6. The van der Waals surface area contributed by atoms with Gasteiger partial charge in [0, 0.05) is 34.0 Å². The second-order valence-electron chi connectivity index (χ2n) is 5.95. The normalized spacial score (nSPS) is 12.6. The molecule has 0 radical (unpaired) electrons. The van der Waals surface area contributed by atoms with Crippen LogP contribution in [0.3, 0.4) is 0 Å². The van der Waals surface area contributed by atoms with Crippen LogP contribution in [0.2, 0.25) is 5.02 Å². The van der Waals surface area contributed by atoms with Crippen molar-refractivity contribution in [2.45, 2.75) is 40.2 Å². The Morgan fingerprint density at radius 1 is 1.22 bits per heavy atom. The molecule has 0 bridgehead atoms. The number of hydrogen-bond acceptors (Lipinski definition) is 3. The van der Waals surface area contributed by atoms with E-state index in [1.807, 2.05) is 41.8 Å². The van der Waals surface area contributed by atoms with Crippen molar-refractivity contribution in [2.24, 2.45) is 0 Å². The number of aromatic nitrogens is 3. The average Bonchev–Trinajstić information content (AvgIpc) is 2.85. The van der Waals surface area contributed by atoms with Gasteiger partial charge >= 0.3 is 0 Å². The van der Waals surface area contributed by atoms with E-state index in [0.29, 0.717) is 6.04 Å². The van der Waals surface area contributed by atoms with Gasteiger partial charge in [-0.2, -0.15) is 9.61 Å². The van der Waals surface area contributed by atoms with Gasteiger partial charge in [-0.15, -0.1) is 0 Å². The molecule has 4 nitrogen and oxygen atoms in total. The molecule has 0 aliphatic heterocycles. The van der Waals surface area contributed by atoms with Gasteiger partial charge in [-0.3, -0.25) is 0 Å². The van der Waals surface area contributed by atoms with Crippen molar-refractivity contribution in [1.82, 2.24) is 14.6 Å². The summed E-state index contributed by atoms with van der Waals surface area (Å²) in [4.78, 5) is 4.67. The highest BCUT2D eigenvalue weighted by molar-refractivity contribution is 6.30. The second kappa shape index (κ2) is 6.20. The third-order valence-electron chi connectivity index (χ3n) is 4.07. The van der Waals surface area contributed by atoms with E-state index in [1.165, 1.54) is 0 Å². The fourth-order valence-electron chi connectivity index (χ4n) is 2.58. The van der Waals surface area contributed by atoms with Crippen LogP contribution in [0.4, 0.5) is 5.82 Å². The summed E-state index contributed by atoms with van der Waals surface area (Å²) in [5.74, 6) is 0.977. The average molecular weight is 329 g/mol. The van der Waals surface area contributed by atoms with Crippen molar-refractivity contribution in [3.63, 3.8) is 0 Å². The Labute approximate surface area is 141 Å². The molecule has 2 aromatic heterocycles. The van der Waals surface area contributed by atoms with E-state index in [9.17, 15) is 0 Å². The van der Waals surface area contributed by atoms with Crippen LogP contribution in [-0.4, -0.2) is 20.6 Å². The van der Waals surface area contributed by atoms with E-state index in [0.717, 1.165) is 45.4 Å². The molecule has 1 atom stereocenters. The van der Waals surface area contributed by atoms with Crippen LogP contribution >= 0.6 is 11.6 Å². The van der Waals surface area contributed by atoms with Crippen LogP contribution in [0.5, 0.6) is 0 Å². The lowest BCUT2D eigenvalue weighted by atomic mass is 10.1. The molecule has 1 aromatic carbocycles. The monoisotopic (exact) mass is 328 g/mol. The predicted octanol–water partition coefficient (Wildman–Crippen LogP) is 4.88. The van der Waals surface area contributed by atoms with Crippen LogP contribution in [0.25, 0.3) is 16.9 Å². The van der Waals surface area contributed by atoms with E-state index in [1.54, 1.807) is 0 Å². The van der Waals surface area contributed by atoms with Gasteiger partial charge in [0.1, 0.15) is 5.82 Å². The Morgan fingerprint density at radius 3 is 2.57 bits per heavy atom. The van der Waals surface area contributed by atoms with E-state index in [-0.39, 0.29) is 0 Å². The highest BCUT2D eigenvalue weighted by atomic mass is 35.5. The number of anilines is 1.